The highest BCUT2D eigenvalue weighted by Crippen LogP contribution is 2.11. The van der Waals surface area contributed by atoms with Crippen molar-refractivity contribution in [3.63, 3.8) is 0 Å². The number of amides is 1. The maximum absolute atomic E-state index is 11.6. The molecule has 1 N–H and O–H groups in total. The van der Waals surface area contributed by atoms with Gasteiger partial charge in [-0.1, -0.05) is 23.7 Å². The molecule has 4 nitrogen and oxygen atoms in total. The SMILES string of the molecule is CN(CCC(=O)O)C(=O)C=Cc1cccc(Cl)c1. The molecule has 96 valence electrons. The van der Waals surface area contributed by atoms with Gasteiger partial charge in [0.15, 0.2) is 0 Å². The average molecular weight is 268 g/mol. The number of carboxylic acid groups (broad SMARTS) is 1. The van der Waals surface area contributed by atoms with Crippen LogP contribution in [0.2, 0.25) is 5.02 Å². The second kappa shape index (κ2) is 6.81. The predicted molar refractivity (Wildman–Crippen MR) is 70.4 cm³/mol. The summed E-state index contributed by atoms with van der Waals surface area (Å²) >= 11 is 5.81. The minimum absolute atomic E-state index is 0.0623. The first-order valence-corrected chi connectivity index (χ1v) is 5.77. The molecular weight excluding hydrogens is 254 g/mol. The maximum Gasteiger partial charge on any atom is 0.305 e. The van der Waals surface area contributed by atoms with E-state index in [-0.39, 0.29) is 18.9 Å². The molecule has 1 aromatic rings. The van der Waals surface area contributed by atoms with Crippen LogP contribution in [0.25, 0.3) is 6.08 Å². The van der Waals surface area contributed by atoms with Crippen molar-refractivity contribution in [2.24, 2.45) is 0 Å². The van der Waals surface area contributed by atoms with Gasteiger partial charge < -0.3 is 10.0 Å². The van der Waals surface area contributed by atoms with Crippen LogP contribution in [-0.2, 0) is 9.59 Å². The van der Waals surface area contributed by atoms with E-state index in [1.54, 1.807) is 31.3 Å². The van der Waals surface area contributed by atoms with Gasteiger partial charge in [-0.3, -0.25) is 9.59 Å². The summed E-state index contributed by atoms with van der Waals surface area (Å²) < 4.78 is 0. The molecule has 0 radical (unpaired) electrons. The van der Waals surface area contributed by atoms with Gasteiger partial charge >= 0.3 is 5.97 Å². The zero-order chi connectivity index (χ0) is 13.5. The minimum Gasteiger partial charge on any atom is -0.481 e. The molecule has 0 aliphatic rings. The summed E-state index contributed by atoms with van der Waals surface area (Å²) in [5, 5.41) is 9.11. The van der Waals surface area contributed by atoms with E-state index in [1.165, 1.54) is 11.0 Å². The Hall–Kier alpha value is -1.81. The third-order valence-electron chi connectivity index (χ3n) is 2.30. The molecule has 0 aliphatic carbocycles. The fourth-order valence-corrected chi connectivity index (χ4v) is 1.48. The predicted octanol–water partition coefficient (Wildman–Crippen LogP) is 2.29. The highest BCUT2D eigenvalue weighted by molar-refractivity contribution is 6.30. The first-order chi connectivity index (χ1) is 8.49. The Morgan fingerprint density at radius 2 is 2.17 bits per heavy atom. The number of nitrogens with zero attached hydrogens (tertiary/aromatic N) is 1. The molecule has 0 atom stereocenters. The van der Waals surface area contributed by atoms with Crippen molar-refractivity contribution in [3.05, 3.63) is 40.9 Å². The largest absolute Gasteiger partial charge is 0.481 e. The van der Waals surface area contributed by atoms with Gasteiger partial charge in [-0.25, -0.2) is 0 Å². The number of carbonyl (C=O) groups excluding carboxylic acids is 1. The van der Waals surface area contributed by atoms with Crippen LogP contribution in [0.1, 0.15) is 12.0 Å². The van der Waals surface area contributed by atoms with E-state index in [1.807, 2.05) is 6.07 Å². The van der Waals surface area contributed by atoms with Crippen molar-refractivity contribution in [2.75, 3.05) is 13.6 Å². The summed E-state index contributed by atoms with van der Waals surface area (Å²) in [6.45, 7) is 0.189. The van der Waals surface area contributed by atoms with Gasteiger partial charge in [0, 0.05) is 24.7 Å². The molecule has 0 fully saturated rings. The quantitative estimate of drug-likeness (QED) is 0.833. The molecule has 1 amide bonds. The smallest absolute Gasteiger partial charge is 0.305 e. The van der Waals surface area contributed by atoms with Crippen LogP contribution in [0.3, 0.4) is 0 Å². The van der Waals surface area contributed by atoms with Gasteiger partial charge in [-0.05, 0) is 23.8 Å². The summed E-state index contributed by atoms with van der Waals surface area (Å²) in [7, 11) is 1.56. The van der Waals surface area contributed by atoms with Crippen LogP contribution in [0.15, 0.2) is 30.3 Å². The van der Waals surface area contributed by atoms with Crippen LogP contribution >= 0.6 is 11.6 Å². The average Bonchev–Trinajstić information content (AvgIpc) is 2.33. The Bertz CT molecular complexity index is 471. The fraction of sp³-hybridized carbons (Fsp3) is 0.231. The Labute approximate surface area is 110 Å². The topological polar surface area (TPSA) is 57.6 Å². The van der Waals surface area contributed by atoms with Gasteiger partial charge in [-0.15, -0.1) is 0 Å². The van der Waals surface area contributed by atoms with Crippen LogP contribution in [0.5, 0.6) is 0 Å². The molecule has 18 heavy (non-hydrogen) atoms. The van der Waals surface area contributed by atoms with E-state index in [0.29, 0.717) is 5.02 Å². The molecule has 0 unspecified atom stereocenters. The molecule has 1 rings (SSSR count). The zero-order valence-corrected chi connectivity index (χ0v) is 10.7. The number of hydrogen-bond acceptors (Lipinski definition) is 2. The van der Waals surface area contributed by atoms with Crippen LogP contribution in [0.4, 0.5) is 0 Å². The Morgan fingerprint density at radius 3 is 2.78 bits per heavy atom. The lowest BCUT2D eigenvalue weighted by Crippen LogP contribution is -2.27. The second-order valence-corrected chi connectivity index (χ2v) is 4.23. The summed E-state index contributed by atoms with van der Waals surface area (Å²) in [5.41, 5.74) is 0.822. The minimum atomic E-state index is -0.923. The molecule has 0 heterocycles. The summed E-state index contributed by atoms with van der Waals surface area (Å²) in [6.07, 6.45) is 2.98. The third-order valence-corrected chi connectivity index (χ3v) is 2.54. The number of hydrogen-bond donors (Lipinski definition) is 1. The van der Waals surface area contributed by atoms with Crippen LogP contribution in [-0.4, -0.2) is 35.5 Å². The van der Waals surface area contributed by atoms with Gasteiger partial charge in [0.05, 0.1) is 6.42 Å². The molecular formula is C13H14ClNO3. The first kappa shape index (κ1) is 14.3. The highest BCUT2D eigenvalue weighted by atomic mass is 35.5. The second-order valence-electron chi connectivity index (χ2n) is 3.79. The van der Waals surface area contributed by atoms with E-state index in [9.17, 15) is 9.59 Å². The standard InChI is InChI=1S/C13H14ClNO3/c1-15(8-7-13(17)18)12(16)6-5-10-3-2-4-11(14)9-10/h2-6,9H,7-8H2,1H3,(H,17,18). The Kier molecular flexibility index (Phi) is 5.39. The molecule has 5 heteroatoms. The zero-order valence-electron chi connectivity index (χ0n) is 9.97. The van der Waals surface area contributed by atoms with Gasteiger partial charge in [-0.2, -0.15) is 0 Å². The van der Waals surface area contributed by atoms with Crippen molar-refractivity contribution in [3.8, 4) is 0 Å². The maximum atomic E-state index is 11.6. The number of likely N-dealkylation sites (N-methyl/N-ethyl adjacent to an activating group) is 1. The van der Waals surface area contributed by atoms with Gasteiger partial charge in [0.25, 0.3) is 0 Å². The van der Waals surface area contributed by atoms with E-state index in [4.69, 9.17) is 16.7 Å². The van der Waals surface area contributed by atoms with Crippen molar-refractivity contribution in [2.45, 2.75) is 6.42 Å². The number of aliphatic carboxylic acids is 1. The third kappa shape index (κ3) is 5.01. The highest BCUT2D eigenvalue weighted by Gasteiger charge is 2.06. The van der Waals surface area contributed by atoms with E-state index >= 15 is 0 Å². The molecule has 1 aromatic carbocycles. The number of halogens is 1. The monoisotopic (exact) mass is 267 g/mol. The number of benzene rings is 1. The molecule has 0 saturated heterocycles. The van der Waals surface area contributed by atoms with E-state index in [0.717, 1.165) is 5.56 Å². The lowest BCUT2D eigenvalue weighted by atomic mass is 10.2. The summed E-state index contributed by atoms with van der Waals surface area (Å²) in [5.74, 6) is -1.16. The first-order valence-electron chi connectivity index (χ1n) is 5.39. The number of carbonyl (C=O) groups is 2. The molecule has 0 bridgehead atoms. The lowest BCUT2D eigenvalue weighted by Gasteiger charge is -2.13. The fourth-order valence-electron chi connectivity index (χ4n) is 1.28. The molecule has 0 saturated carbocycles. The van der Waals surface area contributed by atoms with Crippen LogP contribution in [0, 0.1) is 0 Å². The van der Waals surface area contributed by atoms with E-state index in [2.05, 4.69) is 0 Å². The summed E-state index contributed by atoms with van der Waals surface area (Å²) in [6, 6.07) is 7.11. The lowest BCUT2D eigenvalue weighted by molar-refractivity contribution is -0.137. The van der Waals surface area contributed by atoms with E-state index < -0.39 is 5.97 Å². The van der Waals surface area contributed by atoms with Crippen molar-refractivity contribution in [1.29, 1.82) is 0 Å². The normalized spacial score (nSPS) is 10.6. The van der Waals surface area contributed by atoms with Crippen molar-refractivity contribution >= 4 is 29.6 Å². The van der Waals surface area contributed by atoms with Gasteiger partial charge in [0.2, 0.25) is 5.91 Å². The number of carboxylic acids is 1. The molecule has 0 spiro atoms. The van der Waals surface area contributed by atoms with Gasteiger partial charge in [0.1, 0.15) is 0 Å². The Morgan fingerprint density at radius 1 is 1.44 bits per heavy atom. The summed E-state index contributed by atoms with van der Waals surface area (Å²) in [4.78, 5) is 23.4. The molecule has 0 aliphatic heterocycles. The van der Waals surface area contributed by atoms with Crippen molar-refractivity contribution in [1.82, 2.24) is 4.90 Å². The Balaban J connectivity index is 2.56. The van der Waals surface area contributed by atoms with Crippen LogP contribution < -0.4 is 0 Å². The molecule has 0 aromatic heterocycles. The number of rotatable bonds is 5. The van der Waals surface area contributed by atoms with Crippen molar-refractivity contribution < 1.29 is 14.7 Å².